The van der Waals surface area contributed by atoms with Crippen LogP contribution in [0.2, 0.25) is 0 Å². The molecule has 0 bridgehead atoms. The zero-order valence-corrected chi connectivity index (χ0v) is 8.44. The van der Waals surface area contributed by atoms with Crippen molar-refractivity contribution in [1.82, 2.24) is 0 Å². The number of hydrogen-bond donors (Lipinski definition) is 2. The zero-order valence-electron chi connectivity index (χ0n) is 12.4. The Bertz CT molecular complexity index is 511. The molecule has 0 saturated heterocycles. The first-order chi connectivity index (χ1) is 8.81. The lowest BCUT2D eigenvalue weighted by molar-refractivity contribution is 0.962. The third kappa shape index (κ3) is 4.81. The average Bonchev–Trinajstić information content (AvgIpc) is 2.30. The van der Waals surface area contributed by atoms with E-state index in [4.69, 9.17) is 17.0 Å². The molecule has 1 rings (SSSR count). The van der Waals surface area contributed by atoms with Crippen LogP contribution < -0.4 is 11.5 Å². The smallest absolute Gasteiger partial charge is 0.216 e. The second-order valence-electron chi connectivity index (χ2n) is 2.80. The molecule has 2 atom stereocenters. The van der Waals surface area contributed by atoms with Gasteiger partial charge >= 0.3 is 0 Å². The Morgan fingerprint density at radius 3 is 3.07 bits per heavy atom. The summed E-state index contributed by atoms with van der Waals surface area (Å²) in [6, 6.07) is 4.53. The van der Waals surface area contributed by atoms with Crippen molar-refractivity contribution in [1.29, 1.82) is 0 Å². The summed E-state index contributed by atoms with van der Waals surface area (Å²) in [7, 11) is 0. The number of guanidine groups is 1. The van der Waals surface area contributed by atoms with E-state index in [0.29, 0.717) is 0 Å². The van der Waals surface area contributed by atoms with Gasteiger partial charge in [-0.2, -0.15) is 0 Å². The third-order valence-corrected chi connectivity index (χ3v) is 1.42. The molecule has 0 aliphatic heterocycles. The number of hydrogen-bond acceptors (Lipinski definition) is 1. The van der Waals surface area contributed by atoms with E-state index < -0.39 is 12.9 Å². The molecule has 4 nitrogen and oxygen atoms in total. The normalized spacial score (nSPS) is 20.9. The highest BCUT2D eigenvalue weighted by atomic mass is 15.1. The topological polar surface area (TPSA) is 76.8 Å². The molecular weight excluding hydrogens is 188 g/mol. The minimum absolute atomic E-state index is 0.0977. The monoisotopic (exact) mass is 208 g/mol. The van der Waals surface area contributed by atoms with E-state index in [1.54, 1.807) is 0 Å². The highest BCUT2D eigenvalue weighted by Gasteiger charge is 1.91. The molecule has 0 saturated carbocycles. The first-order valence-corrected chi connectivity index (χ1v) is 4.37. The predicted octanol–water partition coefficient (Wildman–Crippen LogP) is 0.921. The van der Waals surface area contributed by atoms with Gasteiger partial charge in [-0.1, -0.05) is 30.3 Å². The molecule has 4 N–H and O–H groups in total. The standard InChI is InChI=1S/C11H16N4/c1-9(12)15-11(13)14-8-7-10-5-3-2-4-6-10/h2-6H,7-8H2,1H3,(H4,12,13,14,15)/i3D,6D,7D,8D. The van der Waals surface area contributed by atoms with Crippen LogP contribution in [0.1, 0.15) is 18.0 Å². The molecule has 15 heavy (non-hydrogen) atoms. The molecule has 4 heteroatoms. The van der Waals surface area contributed by atoms with Crippen LogP contribution >= 0.6 is 0 Å². The number of aliphatic imine (C=N–C) groups is 2. The van der Waals surface area contributed by atoms with E-state index in [1.165, 1.54) is 25.1 Å². The molecule has 2 unspecified atom stereocenters. The number of benzene rings is 1. The number of nitrogens with two attached hydrogens (primary N) is 2. The second-order valence-corrected chi connectivity index (χ2v) is 2.80. The Labute approximate surface area is 95.3 Å². The van der Waals surface area contributed by atoms with Crippen molar-refractivity contribution in [2.75, 3.05) is 6.52 Å². The fourth-order valence-electron chi connectivity index (χ4n) is 0.865. The lowest BCUT2D eigenvalue weighted by atomic mass is 10.2. The second kappa shape index (κ2) is 5.80. The van der Waals surface area contributed by atoms with Crippen LogP contribution in [0.25, 0.3) is 0 Å². The third-order valence-electron chi connectivity index (χ3n) is 1.42. The summed E-state index contributed by atoms with van der Waals surface area (Å²) in [5, 5.41) is 0. The van der Waals surface area contributed by atoms with Gasteiger partial charge in [0.05, 0.1) is 9.95 Å². The van der Waals surface area contributed by atoms with E-state index in [0.717, 1.165) is 0 Å². The van der Waals surface area contributed by atoms with Crippen LogP contribution in [-0.4, -0.2) is 18.3 Å². The van der Waals surface area contributed by atoms with Gasteiger partial charge in [0, 0.05) is 7.89 Å². The molecule has 0 aliphatic rings. The Kier molecular flexibility index (Phi) is 2.55. The van der Waals surface area contributed by atoms with Crippen molar-refractivity contribution >= 4 is 11.8 Å². The fourth-order valence-corrected chi connectivity index (χ4v) is 0.865. The van der Waals surface area contributed by atoms with Crippen molar-refractivity contribution in [2.45, 2.75) is 13.3 Å². The van der Waals surface area contributed by atoms with E-state index in [2.05, 4.69) is 9.98 Å². The summed E-state index contributed by atoms with van der Waals surface area (Å²) in [5.41, 5.74) is 11.0. The SMILES string of the molecule is [2H]c1ccc([2H])c(C([2H])C([2H])N=C(N)N=C(C)N)c1. The van der Waals surface area contributed by atoms with Crippen molar-refractivity contribution < 1.29 is 5.48 Å². The summed E-state index contributed by atoms with van der Waals surface area (Å²) in [6.07, 6.45) is -1.11. The molecule has 0 aromatic heterocycles. The van der Waals surface area contributed by atoms with Gasteiger partial charge < -0.3 is 11.5 Å². The zero-order chi connectivity index (χ0) is 14.6. The van der Waals surface area contributed by atoms with Gasteiger partial charge in [0.25, 0.3) is 0 Å². The Hall–Kier alpha value is -1.84. The van der Waals surface area contributed by atoms with Crippen molar-refractivity contribution in [3.8, 4) is 0 Å². The van der Waals surface area contributed by atoms with Crippen LogP contribution in [0.15, 0.2) is 40.3 Å². The summed E-state index contributed by atoms with van der Waals surface area (Å²) >= 11 is 0. The maximum atomic E-state index is 7.90. The Morgan fingerprint density at radius 2 is 2.33 bits per heavy atom. The first-order valence-electron chi connectivity index (χ1n) is 6.52. The molecule has 0 aliphatic carbocycles. The molecule has 1 aromatic carbocycles. The molecule has 1 aromatic rings. The number of aryl methyl sites for hydroxylation is 1. The molecular formula is C11H16N4. The van der Waals surface area contributed by atoms with E-state index in [9.17, 15) is 0 Å². The van der Waals surface area contributed by atoms with Gasteiger partial charge in [0.2, 0.25) is 5.96 Å². The Balaban J connectivity index is 2.96. The highest BCUT2D eigenvalue weighted by molar-refractivity contribution is 5.93. The van der Waals surface area contributed by atoms with Crippen LogP contribution in [0.5, 0.6) is 0 Å². The summed E-state index contributed by atoms with van der Waals surface area (Å²) in [6.45, 7) is 0.305. The average molecular weight is 208 g/mol. The maximum absolute atomic E-state index is 7.90. The van der Waals surface area contributed by atoms with Crippen LogP contribution in [0.3, 0.4) is 0 Å². The van der Waals surface area contributed by atoms with E-state index in [-0.39, 0.29) is 29.4 Å². The maximum Gasteiger partial charge on any atom is 0.216 e. The summed E-state index contributed by atoms with van der Waals surface area (Å²) in [4.78, 5) is 7.39. The highest BCUT2D eigenvalue weighted by Crippen LogP contribution is 1.99. The minimum Gasteiger partial charge on any atom is -0.387 e. The lowest BCUT2D eigenvalue weighted by Gasteiger charge is -1.97. The van der Waals surface area contributed by atoms with Gasteiger partial charge in [-0.05, 0) is 18.9 Å². The summed E-state index contributed by atoms with van der Waals surface area (Å²) in [5.74, 6) is 0.0372. The molecule has 0 fully saturated rings. The van der Waals surface area contributed by atoms with Gasteiger partial charge in [-0.15, -0.1) is 0 Å². The van der Waals surface area contributed by atoms with Gasteiger partial charge in [0.15, 0.2) is 0 Å². The molecule has 80 valence electrons. The first kappa shape index (κ1) is 6.61. The van der Waals surface area contributed by atoms with Gasteiger partial charge in [0.1, 0.15) is 0 Å². The largest absolute Gasteiger partial charge is 0.387 e. The Morgan fingerprint density at radius 1 is 1.53 bits per heavy atom. The van der Waals surface area contributed by atoms with Crippen LogP contribution in [-0.2, 0) is 6.40 Å². The molecule has 0 amide bonds. The van der Waals surface area contributed by atoms with Crippen molar-refractivity contribution in [2.24, 2.45) is 21.5 Å². The van der Waals surface area contributed by atoms with Gasteiger partial charge in [-0.25, -0.2) is 4.99 Å². The lowest BCUT2D eigenvalue weighted by Crippen LogP contribution is -2.16. The number of nitrogens with zero attached hydrogens (tertiary/aromatic N) is 2. The molecule has 0 spiro atoms. The van der Waals surface area contributed by atoms with Crippen LogP contribution in [0, 0.1) is 0 Å². The van der Waals surface area contributed by atoms with E-state index in [1.807, 2.05) is 0 Å². The predicted molar refractivity (Wildman–Crippen MR) is 63.9 cm³/mol. The van der Waals surface area contributed by atoms with Crippen LogP contribution in [0.4, 0.5) is 0 Å². The fraction of sp³-hybridized carbons (Fsp3) is 0.273. The number of rotatable bonds is 3. The van der Waals surface area contributed by atoms with Crippen molar-refractivity contribution in [3.05, 3.63) is 35.8 Å². The van der Waals surface area contributed by atoms with E-state index >= 15 is 0 Å². The summed E-state index contributed by atoms with van der Waals surface area (Å²) < 4.78 is 30.8. The molecule has 0 radical (unpaired) electrons. The quantitative estimate of drug-likeness (QED) is 0.572. The minimum atomic E-state index is -1.23. The van der Waals surface area contributed by atoms with Gasteiger partial charge in [-0.3, -0.25) is 4.99 Å². The van der Waals surface area contributed by atoms with Crippen molar-refractivity contribution in [3.63, 3.8) is 0 Å². The number of amidine groups is 1. The molecule has 0 heterocycles.